The standard InChI is InChI=1S/C25H29N5/c1-17-13-18(2)25(27-20(17)4)29-12-11-28(16-29)21(5)24-9-8-23(14-22(24)15-26)30-10-6-7-19(30)3/h8-9,13-14H,3,5-7,10-12,16H2,1-2,4H3. The highest BCUT2D eigenvalue weighted by Gasteiger charge is 2.26. The largest absolute Gasteiger partial charge is 0.352 e. The molecule has 2 aliphatic rings. The molecule has 0 atom stereocenters. The molecule has 0 N–H and O–H groups in total. The average Bonchev–Trinajstić information content (AvgIpc) is 3.39. The van der Waals surface area contributed by atoms with Gasteiger partial charge in [-0.2, -0.15) is 5.26 Å². The van der Waals surface area contributed by atoms with Crippen LogP contribution in [0.4, 0.5) is 11.5 Å². The van der Waals surface area contributed by atoms with Gasteiger partial charge in [0.25, 0.3) is 0 Å². The molecular weight excluding hydrogens is 370 g/mol. The smallest absolute Gasteiger partial charge is 0.133 e. The first-order chi connectivity index (χ1) is 14.4. The molecule has 1 aromatic heterocycles. The fraction of sp³-hybridized carbons (Fsp3) is 0.360. The summed E-state index contributed by atoms with van der Waals surface area (Å²) in [5, 5.41) is 9.80. The van der Waals surface area contributed by atoms with Crippen LogP contribution in [0.2, 0.25) is 0 Å². The Hall–Kier alpha value is -3.26. The quantitative estimate of drug-likeness (QED) is 0.743. The Labute approximate surface area is 179 Å². The maximum Gasteiger partial charge on any atom is 0.133 e. The number of hydrogen-bond acceptors (Lipinski definition) is 5. The molecule has 3 heterocycles. The lowest BCUT2D eigenvalue weighted by Crippen LogP contribution is -2.26. The average molecular weight is 400 g/mol. The summed E-state index contributed by atoms with van der Waals surface area (Å²) in [6.45, 7) is 18.2. The first-order valence-corrected chi connectivity index (χ1v) is 10.5. The van der Waals surface area contributed by atoms with Crippen LogP contribution in [0.15, 0.2) is 43.1 Å². The van der Waals surface area contributed by atoms with E-state index >= 15 is 0 Å². The Kier molecular flexibility index (Phi) is 5.26. The van der Waals surface area contributed by atoms with E-state index < -0.39 is 0 Å². The summed E-state index contributed by atoms with van der Waals surface area (Å²) in [6.07, 6.45) is 2.14. The molecule has 2 fully saturated rings. The van der Waals surface area contributed by atoms with Crippen LogP contribution in [0, 0.1) is 32.1 Å². The lowest BCUT2D eigenvalue weighted by molar-refractivity contribution is 0.496. The van der Waals surface area contributed by atoms with Gasteiger partial charge in [-0.3, -0.25) is 0 Å². The third-order valence-corrected chi connectivity index (χ3v) is 6.27. The maximum absolute atomic E-state index is 9.80. The topological polar surface area (TPSA) is 46.4 Å². The van der Waals surface area contributed by atoms with Gasteiger partial charge < -0.3 is 14.7 Å². The summed E-state index contributed by atoms with van der Waals surface area (Å²) in [7, 11) is 0. The van der Waals surface area contributed by atoms with E-state index in [4.69, 9.17) is 4.98 Å². The number of rotatable bonds is 4. The first-order valence-electron chi connectivity index (χ1n) is 10.5. The Balaban J connectivity index is 1.55. The third kappa shape index (κ3) is 3.54. The number of pyridine rings is 1. The second-order valence-electron chi connectivity index (χ2n) is 8.31. The molecular formula is C25H29N5. The fourth-order valence-corrected chi connectivity index (χ4v) is 4.39. The van der Waals surface area contributed by atoms with Gasteiger partial charge >= 0.3 is 0 Å². The Morgan fingerprint density at radius 1 is 1.10 bits per heavy atom. The molecule has 2 aliphatic heterocycles. The van der Waals surface area contributed by atoms with Crippen molar-refractivity contribution in [3.63, 3.8) is 0 Å². The molecule has 0 amide bonds. The number of anilines is 2. The van der Waals surface area contributed by atoms with Crippen molar-refractivity contribution in [2.24, 2.45) is 0 Å². The Morgan fingerprint density at radius 2 is 1.90 bits per heavy atom. The molecule has 0 radical (unpaired) electrons. The van der Waals surface area contributed by atoms with Crippen LogP contribution in [0.25, 0.3) is 5.70 Å². The number of nitriles is 1. The number of allylic oxidation sites excluding steroid dienone is 1. The number of hydrogen-bond donors (Lipinski definition) is 0. The van der Waals surface area contributed by atoms with Crippen LogP contribution in [0.1, 0.15) is 40.8 Å². The van der Waals surface area contributed by atoms with Crippen molar-refractivity contribution >= 4 is 17.2 Å². The van der Waals surface area contributed by atoms with Gasteiger partial charge in [-0.25, -0.2) is 4.98 Å². The highest BCUT2D eigenvalue weighted by atomic mass is 15.4. The molecule has 0 spiro atoms. The van der Waals surface area contributed by atoms with Gasteiger partial charge in [-0.15, -0.1) is 0 Å². The van der Waals surface area contributed by atoms with Crippen LogP contribution in [-0.4, -0.2) is 36.2 Å². The molecule has 5 nitrogen and oxygen atoms in total. The minimum atomic E-state index is 0.663. The van der Waals surface area contributed by atoms with E-state index in [0.717, 1.165) is 73.3 Å². The van der Waals surface area contributed by atoms with Gasteiger partial charge in [-0.05, 0) is 62.9 Å². The molecule has 1 aromatic carbocycles. The van der Waals surface area contributed by atoms with Crippen molar-refractivity contribution in [2.75, 3.05) is 36.1 Å². The van der Waals surface area contributed by atoms with E-state index in [1.165, 1.54) is 11.1 Å². The molecule has 30 heavy (non-hydrogen) atoms. The number of aromatic nitrogens is 1. The normalized spacial score (nSPS) is 16.3. The number of aryl methyl sites for hydroxylation is 3. The molecule has 2 aromatic rings. The van der Waals surface area contributed by atoms with Crippen molar-refractivity contribution in [2.45, 2.75) is 33.6 Å². The van der Waals surface area contributed by atoms with Crippen molar-refractivity contribution in [3.8, 4) is 6.07 Å². The van der Waals surface area contributed by atoms with Crippen LogP contribution in [-0.2, 0) is 0 Å². The zero-order chi connectivity index (χ0) is 21.4. The molecule has 0 saturated carbocycles. The van der Waals surface area contributed by atoms with Gasteiger partial charge in [0.2, 0.25) is 0 Å². The van der Waals surface area contributed by atoms with Crippen LogP contribution >= 0.6 is 0 Å². The predicted octanol–water partition coefficient (Wildman–Crippen LogP) is 4.74. The van der Waals surface area contributed by atoms with Gasteiger partial charge in [0.05, 0.1) is 18.3 Å². The molecule has 0 bridgehead atoms. The molecule has 2 saturated heterocycles. The van der Waals surface area contributed by atoms with E-state index in [9.17, 15) is 5.26 Å². The van der Waals surface area contributed by atoms with E-state index in [0.29, 0.717) is 5.56 Å². The lowest BCUT2D eigenvalue weighted by Gasteiger charge is -2.25. The summed E-state index contributed by atoms with van der Waals surface area (Å²) in [6, 6.07) is 10.7. The van der Waals surface area contributed by atoms with E-state index in [-0.39, 0.29) is 0 Å². The SMILES string of the molecule is C=C(c1ccc(N2CCCC2=C)cc1C#N)N1CCN(c2nc(C)c(C)cc2C)C1. The maximum atomic E-state index is 9.80. The third-order valence-electron chi connectivity index (χ3n) is 6.27. The summed E-state index contributed by atoms with van der Waals surface area (Å²) >= 11 is 0. The van der Waals surface area contributed by atoms with Gasteiger partial charge in [0.1, 0.15) is 5.82 Å². The van der Waals surface area contributed by atoms with Crippen molar-refractivity contribution < 1.29 is 0 Å². The molecule has 4 rings (SSSR count). The Bertz CT molecular complexity index is 1060. The monoisotopic (exact) mass is 399 g/mol. The van der Waals surface area contributed by atoms with Crippen LogP contribution < -0.4 is 9.80 Å². The summed E-state index contributed by atoms with van der Waals surface area (Å²) in [5.74, 6) is 1.04. The van der Waals surface area contributed by atoms with E-state index in [1.807, 2.05) is 12.1 Å². The lowest BCUT2D eigenvalue weighted by atomic mass is 10.0. The zero-order valence-electron chi connectivity index (χ0n) is 18.2. The summed E-state index contributed by atoms with van der Waals surface area (Å²) < 4.78 is 0. The van der Waals surface area contributed by atoms with Crippen molar-refractivity contribution in [3.05, 3.63) is 71.1 Å². The Morgan fingerprint density at radius 3 is 2.60 bits per heavy atom. The number of nitrogens with zero attached hydrogens (tertiary/aromatic N) is 5. The van der Waals surface area contributed by atoms with Gasteiger partial charge in [0.15, 0.2) is 0 Å². The van der Waals surface area contributed by atoms with E-state index in [1.54, 1.807) is 0 Å². The van der Waals surface area contributed by atoms with Crippen molar-refractivity contribution in [1.29, 1.82) is 5.26 Å². The highest BCUT2D eigenvalue weighted by Crippen LogP contribution is 2.32. The van der Waals surface area contributed by atoms with Gasteiger partial charge in [0, 0.05) is 48.0 Å². The van der Waals surface area contributed by atoms with Crippen molar-refractivity contribution in [1.82, 2.24) is 9.88 Å². The summed E-state index contributed by atoms with van der Waals surface area (Å²) in [5.41, 5.74) is 8.10. The predicted molar refractivity (Wildman–Crippen MR) is 123 cm³/mol. The first kappa shape index (κ1) is 20.0. The minimum Gasteiger partial charge on any atom is -0.352 e. The van der Waals surface area contributed by atoms with Crippen LogP contribution in [0.3, 0.4) is 0 Å². The number of benzene rings is 1. The molecule has 0 aliphatic carbocycles. The van der Waals surface area contributed by atoms with E-state index in [2.05, 4.69) is 66.8 Å². The second-order valence-corrected chi connectivity index (χ2v) is 8.31. The minimum absolute atomic E-state index is 0.663. The van der Waals surface area contributed by atoms with Gasteiger partial charge in [-0.1, -0.05) is 19.2 Å². The fourth-order valence-electron chi connectivity index (χ4n) is 4.39. The summed E-state index contributed by atoms with van der Waals surface area (Å²) in [4.78, 5) is 11.6. The highest BCUT2D eigenvalue weighted by molar-refractivity contribution is 5.72. The molecule has 154 valence electrons. The molecule has 0 unspecified atom stereocenters. The molecule has 5 heteroatoms. The van der Waals surface area contributed by atoms with Crippen LogP contribution in [0.5, 0.6) is 0 Å². The second kappa shape index (κ2) is 7.87. The zero-order valence-corrected chi connectivity index (χ0v) is 18.2.